The molecule has 1 aromatic rings. The predicted octanol–water partition coefficient (Wildman–Crippen LogP) is 2.72. The lowest BCUT2D eigenvalue weighted by molar-refractivity contribution is 0.0760. The van der Waals surface area contributed by atoms with Crippen molar-refractivity contribution >= 4 is 13.8 Å². The standard InChI is InChI=1S/C10H19F2N3OSi/c1-17(2,3)5-4-16-7-15-6-8(13)9(14-15)10(11)12/h6,10H,4-5,7,13H2,1-3H3. The summed E-state index contributed by atoms with van der Waals surface area (Å²) in [6.07, 6.45) is -1.27. The lowest BCUT2D eigenvalue weighted by atomic mass is 10.4. The average Bonchev–Trinajstić information content (AvgIpc) is 2.53. The smallest absolute Gasteiger partial charge is 0.284 e. The van der Waals surface area contributed by atoms with E-state index in [1.54, 1.807) is 0 Å². The van der Waals surface area contributed by atoms with E-state index < -0.39 is 14.5 Å². The van der Waals surface area contributed by atoms with Gasteiger partial charge in [-0.15, -0.1) is 0 Å². The first kappa shape index (κ1) is 14.1. The molecular formula is C10H19F2N3OSi. The van der Waals surface area contributed by atoms with Gasteiger partial charge in [0.25, 0.3) is 6.43 Å². The number of rotatable bonds is 6. The topological polar surface area (TPSA) is 53.1 Å². The molecule has 0 aromatic carbocycles. The van der Waals surface area contributed by atoms with E-state index in [1.807, 2.05) is 0 Å². The zero-order valence-corrected chi connectivity index (χ0v) is 11.4. The summed E-state index contributed by atoms with van der Waals surface area (Å²) in [5.74, 6) is 0. The summed E-state index contributed by atoms with van der Waals surface area (Å²) < 4.78 is 31.5. The molecule has 0 aliphatic carbocycles. The molecule has 0 unspecified atom stereocenters. The minimum atomic E-state index is -2.64. The van der Waals surface area contributed by atoms with E-state index >= 15 is 0 Å². The maximum Gasteiger partial charge on any atom is 0.284 e. The molecule has 0 aliphatic rings. The third-order valence-corrected chi connectivity index (χ3v) is 3.95. The van der Waals surface area contributed by atoms with Crippen molar-refractivity contribution in [1.82, 2.24) is 9.78 Å². The van der Waals surface area contributed by atoms with E-state index in [9.17, 15) is 8.78 Å². The predicted molar refractivity (Wildman–Crippen MR) is 65.7 cm³/mol. The summed E-state index contributed by atoms with van der Waals surface area (Å²) in [4.78, 5) is 0. The van der Waals surface area contributed by atoms with Gasteiger partial charge in [0.05, 0.1) is 11.9 Å². The molecule has 0 radical (unpaired) electrons. The highest BCUT2D eigenvalue weighted by atomic mass is 28.3. The molecule has 7 heteroatoms. The van der Waals surface area contributed by atoms with E-state index in [-0.39, 0.29) is 18.1 Å². The van der Waals surface area contributed by atoms with Crippen LogP contribution in [0.3, 0.4) is 0 Å². The summed E-state index contributed by atoms with van der Waals surface area (Å²) in [6, 6.07) is 1.03. The van der Waals surface area contributed by atoms with Gasteiger partial charge in [-0.2, -0.15) is 5.10 Å². The van der Waals surface area contributed by atoms with Gasteiger partial charge in [0, 0.05) is 14.7 Å². The van der Waals surface area contributed by atoms with Crippen LogP contribution >= 0.6 is 0 Å². The Morgan fingerprint density at radius 1 is 1.47 bits per heavy atom. The fourth-order valence-electron chi connectivity index (χ4n) is 1.22. The van der Waals surface area contributed by atoms with Crippen molar-refractivity contribution in [3.8, 4) is 0 Å². The molecule has 17 heavy (non-hydrogen) atoms. The van der Waals surface area contributed by atoms with Crippen molar-refractivity contribution in [1.29, 1.82) is 0 Å². The van der Waals surface area contributed by atoms with Crippen LogP contribution in [0.25, 0.3) is 0 Å². The van der Waals surface area contributed by atoms with Crippen LogP contribution in [0.15, 0.2) is 6.20 Å². The van der Waals surface area contributed by atoms with Crippen molar-refractivity contribution in [2.45, 2.75) is 38.8 Å². The van der Waals surface area contributed by atoms with Gasteiger partial charge in [0.15, 0.2) is 5.69 Å². The molecule has 0 bridgehead atoms. The Morgan fingerprint density at radius 3 is 2.59 bits per heavy atom. The molecule has 4 nitrogen and oxygen atoms in total. The van der Waals surface area contributed by atoms with Crippen molar-refractivity contribution in [2.75, 3.05) is 12.3 Å². The van der Waals surface area contributed by atoms with E-state index in [0.29, 0.717) is 6.61 Å². The van der Waals surface area contributed by atoms with E-state index in [4.69, 9.17) is 10.5 Å². The Morgan fingerprint density at radius 2 is 2.12 bits per heavy atom. The highest BCUT2D eigenvalue weighted by Gasteiger charge is 2.16. The first-order chi connectivity index (χ1) is 7.79. The normalized spacial score (nSPS) is 12.4. The Kier molecular flexibility index (Phi) is 4.64. The maximum atomic E-state index is 12.4. The van der Waals surface area contributed by atoms with Crippen molar-refractivity contribution in [3.05, 3.63) is 11.9 Å². The summed E-state index contributed by atoms with van der Waals surface area (Å²) in [7, 11) is -1.12. The third kappa shape index (κ3) is 4.82. The first-order valence-electron chi connectivity index (χ1n) is 5.48. The number of ether oxygens (including phenoxy) is 1. The highest BCUT2D eigenvalue weighted by molar-refractivity contribution is 6.76. The second kappa shape index (κ2) is 5.59. The molecule has 2 N–H and O–H groups in total. The van der Waals surface area contributed by atoms with Gasteiger partial charge in [-0.05, 0) is 6.04 Å². The van der Waals surface area contributed by atoms with Crippen LogP contribution in [-0.4, -0.2) is 24.5 Å². The van der Waals surface area contributed by atoms with Crippen LogP contribution in [0.4, 0.5) is 14.5 Å². The van der Waals surface area contributed by atoms with Crippen LogP contribution in [0.5, 0.6) is 0 Å². The van der Waals surface area contributed by atoms with Crippen LogP contribution < -0.4 is 5.73 Å². The van der Waals surface area contributed by atoms with Gasteiger partial charge in [0.2, 0.25) is 0 Å². The molecule has 1 aromatic heterocycles. The number of nitrogens with two attached hydrogens (primary N) is 1. The second-order valence-electron chi connectivity index (χ2n) is 5.16. The van der Waals surface area contributed by atoms with Crippen LogP contribution in [0.1, 0.15) is 12.1 Å². The zero-order valence-electron chi connectivity index (χ0n) is 10.4. The van der Waals surface area contributed by atoms with Gasteiger partial charge < -0.3 is 10.5 Å². The summed E-state index contributed by atoms with van der Waals surface area (Å²) in [5.41, 5.74) is 5.04. The number of nitrogens with zero attached hydrogens (tertiary/aromatic N) is 2. The van der Waals surface area contributed by atoms with Crippen molar-refractivity contribution in [2.24, 2.45) is 0 Å². The van der Waals surface area contributed by atoms with Gasteiger partial charge in [0.1, 0.15) is 6.73 Å². The van der Waals surface area contributed by atoms with E-state index in [2.05, 4.69) is 24.7 Å². The minimum absolute atomic E-state index is 0.00814. The van der Waals surface area contributed by atoms with E-state index in [0.717, 1.165) is 6.04 Å². The third-order valence-electron chi connectivity index (χ3n) is 2.25. The Hall–Kier alpha value is -0.953. The molecule has 0 fully saturated rings. The molecule has 1 heterocycles. The summed E-state index contributed by atoms with van der Waals surface area (Å²) in [6.45, 7) is 7.53. The van der Waals surface area contributed by atoms with Crippen LogP contribution in [0.2, 0.25) is 25.7 Å². The first-order valence-corrected chi connectivity index (χ1v) is 9.19. The molecule has 0 saturated carbocycles. The number of halogens is 2. The van der Waals surface area contributed by atoms with Gasteiger partial charge in [-0.3, -0.25) is 0 Å². The van der Waals surface area contributed by atoms with Gasteiger partial charge in [-0.1, -0.05) is 19.6 Å². The Balaban J connectivity index is 2.40. The Bertz CT molecular complexity index is 363. The molecule has 0 spiro atoms. The molecule has 98 valence electrons. The molecule has 0 aliphatic heterocycles. The number of nitrogen functional groups attached to an aromatic ring is 1. The molecule has 0 atom stereocenters. The van der Waals surface area contributed by atoms with E-state index in [1.165, 1.54) is 10.9 Å². The fraction of sp³-hybridized carbons (Fsp3) is 0.700. The second-order valence-corrected chi connectivity index (χ2v) is 10.8. The van der Waals surface area contributed by atoms with Crippen LogP contribution in [0, 0.1) is 0 Å². The largest absolute Gasteiger partial charge is 0.396 e. The molecule has 0 saturated heterocycles. The fourth-order valence-corrected chi connectivity index (χ4v) is 1.98. The molecule has 1 rings (SSSR count). The molecule has 0 amide bonds. The number of hydrogen-bond acceptors (Lipinski definition) is 3. The summed E-state index contributed by atoms with van der Waals surface area (Å²) in [5, 5.41) is 3.67. The molecular weight excluding hydrogens is 244 g/mol. The highest BCUT2D eigenvalue weighted by Crippen LogP contribution is 2.22. The summed E-state index contributed by atoms with van der Waals surface area (Å²) >= 11 is 0. The van der Waals surface area contributed by atoms with Crippen molar-refractivity contribution in [3.63, 3.8) is 0 Å². The van der Waals surface area contributed by atoms with Gasteiger partial charge in [-0.25, -0.2) is 13.5 Å². The lowest BCUT2D eigenvalue weighted by Gasteiger charge is -2.15. The quantitative estimate of drug-likeness (QED) is 0.634. The van der Waals surface area contributed by atoms with Crippen LogP contribution in [-0.2, 0) is 11.5 Å². The lowest BCUT2D eigenvalue weighted by Crippen LogP contribution is -2.22. The minimum Gasteiger partial charge on any atom is -0.396 e. The Labute approximate surface area is 101 Å². The SMILES string of the molecule is C[Si](C)(C)CCOCn1cc(N)c(C(F)F)n1. The number of anilines is 1. The average molecular weight is 263 g/mol. The van der Waals surface area contributed by atoms with Gasteiger partial charge >= 0.3 is 0 Å². The number of alkyl halides is 2. The monoisotopic (exact) mass is 263 g/mol. The van der Waals surface area contributed by atoms with Crippen molar-refractivity contribution < 1.29 is 13.5 Å². The maximum absolute atomic E-state index is 12.4. The zero-order chi connectivity index (χ0) is 13.1. The number of aromatic nitrogens is 2. The number of hydrogen-bond donors (Lipinski definition) is 1.